The van der Waals surface area contributed by atoms with E-state index < -0.39 is 0 Å². The molecule has 1 aromatic carbocycles. The molecule has 1 aliphatic carbocycles. The minimum atomic E-state index is 0.145. The summed E-state index contributed by atoms with van der Waals surface area (Å²) in [5.74, 6) is 1.07. The fourth-order valence-corrected chi connectivity index (χ4v) is 2.60. The Morgan fingerprint density at radius 2 is 1.95 bits per heavy atom. The summed E-state index contributed by atoms with van der Waals surface area (Å²) in [6.45, 7) is 10.0. The molecule has 19 heavy (non-hydrogen) atoms. The highest BCUT2D eigenvalue weighted by Gasteiger charge is 2.27. The molecule has 0 bridgehead atoms. The van der Waals surface area contributed by atoms with Crippen LogP contribution in [0.25, 0.3) is 0 Å². The van der Waals surface area contributed by atoms with E-state index >= 15 is 0 Å². The Bertz CT molecular complexity index is 447. The van der Waals surface area contributed by atoms with Crippen LogP contribution >= 0.6 is 0 Å². The molecular formula is C17H27NO. The molecule has 0 saturated heterocycles. The van der Waals surface area contributed by atoms with Crippen LogP contribution in [0.3, 0.4) is 0 Å². The third kappa shape index (κ3) is 3.30. The summed E-state index contributed by atoms with van der Waals surface area (Å²) in [6, 6.07) is 5.24. The lowest BCUT2D eigenvalue weighted by Gasteiger charge is -2.28. The van der Waals surface area contributed by atoms with Crippen LogP contribution in [-0.2, 0) is 5.41 Å². The fourth-order valence-electron chi connectivity index (χ4n) is 2.60. The standard InChI is InChI=1S/C17H27NO/c1-12-6-9-15(16(19-5)13(12)2)17(3,4)10-11-18-14-7-8-14/h6,9,14,18H,7-8,10-11H2,1-5H3. The van der Waals surface area contributed by atoms with Crippen LogP contribution in [0.15, 0.2) is 12.1 Å². The van der Waals surface area contributed by atoms with E-state index in [2.05, 4.69) is 45.1 Å². The summed E-state index contributed by atoms with van der Waals surface area (Å²) in [7, 11) is 1.78. The van der Waals surface area contributed by atoms with Crippen molar-refractivity contribution in [1.29, 1.82) is 0 Å². The molecule has 2 heteroatoms. The van der Waals surface area contributed by atoms with E-state index in [0.717, 1.165) is 24.8 Å². The van der Waals surface area contributed by atoms with Gasteiger partial charge in [0.25, 0.3) is 0 Å². The van der Waals surface area contributed by atoms with Crippen LogP contribution in [0.2, 0.25) is 0 Å². The first-order chi connectivity index (χ1) is 8.95. The monoisotopic (exact) mass is 261 g/mol. The van der Waals surface area contributed by atoms with Gasteiger partial charge in [0.1, 0.15) is 5.75 Å². The Morgan fingerprint density at radius 1 is 1.26 bits per heavy atom. The number of hydrogen-bond donors (Lipinski definition) is 1. The first-order valence-corrected chi connectivity index (χ1v) is 7.34. The number of methoxy groups -OCH3 is 1. The van der Waals surface area contributed by atoms with E-state index in [9.17, 15) is 0 Å². The van der Waals surface area contributed by atoms with E-state index in [1.54, 1.807) is 7.11 Å². The van der Waals surface area contributed by atoms with Crippen LogP contribution < -0.4 is 10.1 Å². The fraction of sp³-hybridized carbons (Fsp3) is 0.647. The average Bonchev–Trinajstić information content (AvgIpc) is 3.16. The maximum atomic E-state index is 5.66. The number of rotatable bonds is 6. The molecule has 1 N–H and O–H groups in total. The SMILES string of the molecule is COc1c(C(C)(C)CCNC2CC2)ccc(C)c1C. The predicted octanol–water partition coefficient (Wildman–Crippen LogP) is 3.73. The van der Waals surface area contributed by atoms with Crippen LogP contribution in [-0.4, -0.2) is 19.7 Å². The third-order valence-electron chi connectivity index (χ3n) is 4.37. The Morgan fingerprint density at radius 3 is 2.53 bits per heavy atom. The Kier molecular flexibility index (Phi) is 4.19. The summed E-state index contributed by atoms with van der Waals surface area (Å²) in [6.07, 6.45) is 3.85. The molecule has 1 aliphatic rings. The molecule has 1 saturated carbocycles. The molecule has 0 unspecified atom stereocenters. The van der Waals surface area contributed by atoms with Gasteiger partial charge in [0.2, 0.25) is 0 Å². The highest BCUT2D eigenvalue weighted by Crippen LogP contribution is 2.37. The molecule has 0 heterocycles. The molecule has 2 rings (SSSR count). The van der Waals surface area contributed by atoms with Gasteiger partial charge in [-0.3, -0.25) is 0 Å². The summed E-state index contributed by atoms with van der Waals surface area (Å²) >= 11 is 0. The van der Waals surface area contributed by atoms with Gasteiger partial charge in [-0.2, -0.15) is 0 Å². The van der Waals surface area contributed by atoms with Crippen LogP contribution in [0.5, 0.6) is 5.75 Å². The lowest BCUT2D eigenvalue weighted by Crippen LogP contribution is -2.27. The molecule has 0 aromatic heterocycles. The van der Waals surface area contributed by atoms with Crippen LogP contribution in [0, 0.1) is 13.8 Å². The normalized spacial score (nSPS) is 15.6. The number of benzene rings is 1. The zero-order valence-corrected chi connectivity index (χ0v) is 13.0. The highest BCUT2D eigenvalue weighted by atomic mass is 16.5. The molecule has 1 fully saturated rings. The molecule has 0 aliphatic heterocycles. The Labute approximate surface area is 117 Å². The van der Waals surface area contributed by atoms with Gasteiger partial charge in [0.15, 0.2) is 0 Å². The van der Waals surface area contributed by atoms with Gasteiger partial charge in [-0.05, 0) is 56.2 Å². The second-order valence-corrected chi connectivity index (χ2v) is 6.45. The van der Waals surface area contributed by atoms with Crippen molar-refractivity contribution in [3.63, 3.8) is 0 Å². The van der Waals surface area contributed by atoms with Crippen molar-refractivity contribution in [2.75, 3.05) is 13.7 Å². The molecule has 1 aromatic rings. The Hall–Kier alpha value is -1.02. The number of nitrogens with one attached hydrogen (secondary N) is 1. The first-order valence-electron chi connectivity index (χ1n) is 7.34. The smallest absolute Gasteiger partial charge is 0.125 e. The predicted molar refractivity (Wildman–Crippen MR) is 81.1 cm³/mol. The largest absolute Gasteiger partial charge is 0.496 e. The van der Waals surface area contributed by atoms with Crippen molar-refractivity contribution in [2.45, 2.75) is 58.4 Å². The summed E-state index contributed by atoms with van der Waals surface area (Å²) in [5.41, 5.74) is 4.04. The third-order valence-corrected chi connectivity index (χ3v) is 4.37. The van der Waals surface area contributed by atoms with E-state index in [4.69, 9.17) is 4.74 Å². The highest BCUT2D eigenvalue weighted by molar-refractivity contribution is 5.48. The van der Waals surface area contributed by atoms with Crippen molar-refractivity contribution in [3.8, 4) is 5.75 Å². The van der Waals surface area contributed by atoms with E-state index in [1.807, 2.05) is 0 Å². The van der Waals surface area contributed by atoms with Gasteiger partial charge in [-0.25, -0.2) is 0 Å². The van der Waals surface area contributed by atoms with E-state index in [1.165, 1.54) is 29.5 Å². The van der Waals surface area contributed by atoms with Crippen molar-refractivity contribution in [1.82, 2.24) is 5.32 Å². The van der Waals surface area contributed by atoms with E-state index in [-0.39, 0.29) is 5.41 Å². The average molecular weight is 261 g/mol. The summed E-state index contributed by atoms with van der Waals surface area (Å²) in [5, 5.41) is 3.61. The molecule has 0 atom stereocenters. The number of ether oxygens (including phenoxy) is 1. The maximum Gasteiger partial charge on any atom is 0.125 e. The van der Waals surface area contributed by atoms with Crippen molar-refractivity contribution in [2.24, 2.45) is 0 Å². The van der Waals surface area contributed by atoms with Crippen LogP contribution in [0.4, 0.5) is 0 Å². The molecular weight excluding hydrogens is 234 g/mol. The quantitative estimate of drug-likeness (QED) is 0.842. The lowest BCUT2D eigenvalue weighted by atomic mass is 9.79. The zero-order valence-electron chi connectivity index (χ0n) is 13.0. The molecule has 0 radical (unpaired) electrons. The minimum absolute atomic E-state index is 0.145. The van der Waals surface area contributed by atoms with Gasteiger partial charge < -0.3 is 10.1 Å². The molecule has 2 nitrogen and oxygen atoms in total. The second kappa shape index (κ2) is 5.54. The topological polar surface area (TPSA) is 21.3 Å². The summed E-state index contributed by atoms with van der Waals surface area (Å²) < 4.78 is 5.66. The van der Waals surface area contributed by atoms with Gasteiger partial charge >= 0.3 is 0 Å². The molecule has 106 valence electrons. The number of aryl methyl sites for hydroxylation is 1. The van der Waals surface area contributed by atoms with Crippen LogP contribution in [0.1, 0.15) is 49.8 Å². The van der Waals surface area contributed by atoms with Crippen molar-refractivity contribution < 1.29 is 4.74 Å². The minimum Gasteiger partial charge on any atom is -0.496 e. The zero-order chi connectivity index (χ0) is 14.0. The number of hydrogen-bond acceptors (Lipinski definition) is 2. The van der Waals surface area contributed by atoms with Gasteiger partial charge in [0, 0.05) is 11.6 Å². The first kappa shape index (κ1) is 14.4. The van der Waals surface area contributed by atoms with Crippen molar-refractivity contribution in [3.05, 3.63) is 28.8 Å². The second-order valence-electron chi connectivity index (χ2n) is 6.45. The van der Waals surface area contributed by atoms with Gasteiger partial charge in [-0.15, -0.1) is 0 Å². The van der Waals surface area contributed by atoms with Gasteiger partial charge in [-0.1, -0.05) is 26.0 Å². The van der Waals surface area contributed by atoms with Crippen molar-refractivity contribution >= 4 is 0 Å². The molecule has 0 amide bonds. The lowest BCUT2D eigenvalue weighted by molar-refractivity contribution is 0.379. The maximum absolute atomic E-state index is 5.66. The summed E-state index contributed by atoms with van der Waals surface area (Å²) in [4.78, 5) is 0. The van der Waals surface area contributed by atoms with Gasteiger partial charge in [0.05, 0.1) is 7.11 Å². The Balaban J connectivity index is 2.15. The molecule has 0 spiro atoms. The van der Waals surface area contributed by atoms with E-state index in [0.29, 0.717) is 0 Å².